The van der Waals surface area contributed by atoms with Crippen LogP contribution in [0.1, 0.15) is 42.0 Å². The Hall–Kier alpha value is -2.58. The van der Waals surface area contributed by atoms with Crippen molar-refractivity contribution in [3.8, 4) is 5.75 Å². The molecule has 3 aromatic rings. The van der Waals surface area contributed by atoms with E-state index in [1.54, 1.807) is 12.1 Å². The van der Waals surface area contributed by atoms with E-state index >= 15 is 0 Å². The monoisotopic (exact) mass is 511 g/mol. The molecule has 2 aliphatic rings. The summed E-state index contributed by atoms with van der Waals surface area (Å²) >= 11 is 6.16. The summed E-state index contributed by atoms with van der Waals surface area (Å²) in [6.07, 6.45) is 4.44. The Morgan fingerprint density at radius 2 is 1.80 bits per heavy atom. The first-order chi connectivity index (χ1) is 16.9. The number of benzene rings is 3. The molecule has 6 nitrogen and oxygen atoms in total. The van der Waals surface area contributed by atoms with Gasteiger partial charge in [-0.2, -0.15) is 0 Å². The van der Waals surface area contributed by atoms with E-state index in [2.05, 4.69) is 34.3 Å². The second kappa shape index (κ2) is 9.82. The van der Waals surface area contributed by atoms with Gasteiger partial charge in [-0.3, -0.25) is 0 Å². The maximum absolute atomic E-state index is 12.5. The van der Waals surface area contributed by atoms with E-state index in [0.29, 0.717) is 5.69 Å². The Balaban J connectivity index is 1.29. The second-order valence-corrected chi connectivity index (χ2v) is 11.5. The Morgan fingerprint density at radius 3 is 2.49 bits per heavy atom. The van der Waals surface area contributed by atoms with Crippen LogP contribution < -0.4 is 20.5 Å². The molecule has 0 amide bonds. The lowest BCUT2D eigenvalue weighted by Crippen LogP contribution is -2.49. The predicted octanol–water partition coefficient (Wildman–Crippen LogP) is 4.59. The molecular formula is C27H30ClN3O3S. The molecule has 1 atom stereocenters. The Labute approximate surface area is 211 Å². The summed E-state index contributed by atoms with van der Waals surface area (Å²) in [7, 11) is -3.61. The normalized spacial score (nSPS) is 18.9. The number of nitrogens with one attached hydrogen (secondary N) is 2. The van der Waals surface area contributed by atoms with Crippen LogP contribution in [0.15, 0.2) is 71.6 Å². The van der Waals surface area contributed by atoms with Gasteiger partial charge in [0.15, 0.2) is 0 Å². The minimum absolute atomic E-state index is 0.0487. The number of anilines is 1. The first kappa shape index (κ1) is 24.1. The third-order valence-electron chi connectivity index (χ3n) is 7.24. The molecule has 8 heteroatoms. The van der Waals surface area contributed by atoms with Crippen LogP contribution in [0.3, 0.4) is 0 Å². The largest absolute Gasteiger partial charge is 0.492 e. The lowest BCUT2D eigenvalue weighted by Gasteiger charge is -2.50. The van der Waals surface area contributed by atoms with Crippen LogP contribution >= 0.6 is 11.6 Å². The average molecular weight is 512 g/mol. The molecule has 35 heavy (non-hydrogen) atoms. The highest BCUT2D eigenvalue weighted by molar-refractivity contribution is 7.89. The molecule has 0 aromatic heterocycles. The van der Waals surface area contributed by atoms with Crippen molar-refractivity contribution < 1.29 is 13.2 Å². The van der Waals surface area contributed by atoms with Crippen LogP contribution in [0, 0.1) is 0 Å². The number of hydrogen-bond donors (Lipinski definition) is 3. The summed E-state index contributed by atoms with van der Waals surface area (Å²) in [5.74, 6) is 0.745. The predicted molar refractivity (Wildman–Crippen MR) is 139 cm³/mol. The van der Waals surface area contributed by atoms with E-state index in [1.165, 1.54) is 35.2 Å². The molecule has 0 bridgehead atoms. The summed E-state index contributed by atoms with van der Waals surface area (Å²) in [5.41, 5.74) is 10.1. The number of nitrogen functional groups attached to an aromatic ring is 1. The van der Waals surface area contributed by atoms with E-state index in [-0.39, 0.29) is 29.5 Å². The number of sulfonamides is 1. The molecule has 1 fully saturated rings. The zero-order chi connectivity index (χ0) is 24.5. The molecule has 0 radical (unpaired) electrons. The van der Waals surface area contributed by atoms with E-state index < -0.39 is 10.0 Å². The van der Waals surface area contributed by atoms with Gasteiger partial charge in [-0.1, -0.05) is 36.2 Å². The van der Waals surface area contributed by atoms with Crippen LogP contribution in [-0.4, -0.2) is 28.1 Å². The second-order valence-electron chi connectivity index (χ2n) is 9.33. The zero-order valence-corrected chi connectivity index (χ0v) is 21.0. The van der Waals surface area contributed by atoms with Crippen molar-refractivity contribution in [2.24, 2.45) is 0 Å². The van der Waals surface area contributed by atoms with Gasteiger partial charge >= 0.3 is 0 Å². The Kier molecular flexibility index (Phi) is 6.77. The van der Waals surface area contributed by atoms with Crippen molar-refractivity contribution in [1.29, 1.82) is 0 Å². The first-order valence-electron chi connectivity index (χ1n) is 12.0. The van der Waals surface area contributed by atoms with Gasteiger partial charge in [0.25, 0.3) is 0 Å². The Bertz CT molecular complexity index is 1290. The molecule has 1 saturated carbocycles. The number of ether oxygens (including phenoxy) is 1. The summed E-state index contributed by atoms with van der Waals surface area (Å²) in [6, 6.07) is 20.8. The molecule has 1 heterocycles. The fourth-order valence-electron chi connectivity index (χ4n) is 5.27. The van der Waals surface area contributed by atoms with E-state index in [0.717, 1.165) is 36.6 Å². The molecule has 3 aromatic carbocycles. The van der Waals surface area contributed by atoms with Crippen LogP contribution in [-0.2, 0) is 21.9 Å². The van der Waals surface area contributed by atoms with Crippen molar-refractivity contribution in [3.63, 3.8) is 0 Å². The van der Waals surface area contributed by atoms with Gasteiger partial charge < -0.3 is 15.8 Å². The number of nitrogens with two attached hydrogens (primary N) is 1. The number of hydrogen-bond acceptors (Lipinski definition) is 5. The molecule has 4 N–H and O–H groups in total. The van der Waals surface area contributed by atoms with Crippen LogP contribution in [0.2, 0.25) is 5.02 Å². The van der Waals surface area contributed by atoms with Crippen molar-refractivity contribution >= 4 is 27.3 Å². The summed E-state index contributed by atoms with van der Waals surface area (Å²) in [6.45, 7) is 1.34. The summed E-state index contributed by atoms with van der Waals surface area (Å²) < 4.78 is 33.5. The molecule has 1 unspecified atom stereocenters. The summed E-state index contributed by atoms with van der Waals surface area (Å²) in [5, 5.41) is 4.53. The van der Waals surface area contributed by atoms with Crippen LogP contribution in [0.5, 0.6) is 5.75 Å². The van der Waals surface area contributed by atoms with E-state index in [4.69, 9.17) is 22.1 Å². The SMILES string of the molecule is Nc1ccc(S(=O)(=O)NCCOc2ccc3c(c2)C(C2(c4ccc(Cl)cc4)CCC2)NCC3)cc1. The molecule has 1 aliphatic heterocycles. The van der Waals surface area contributed by atoms with Gasteiger partial charge in [-0.25, -0.2) is 13.1 Å². The highest BCUT2D eigenvalue weighted by Gasteiger charge is 2.47. The highest BCUT2D eigenvalue weighted by atomic mass is 35.5. The van der Waals surface area contributed by atoms with E-state index in [9.17, 15) is 8.42 Å². The molecular weight excluding hydrogens is 482 g/mol. The number of fused-ring (bicyclic) bond motifs is 1. The van der Waals surface area contributed by atoms with Crippen molar-refractivity contribution in [2.45, 2.75) is 42.0 Å². The molecule has 184 valence electrons. The van der Waals surface area contributed by atoms with Crippen molar-refractivity contribution in [3.05, 3.63) is 88.4 Å². The fraction of sp³-hybridized carbons (Fsp3) is 0.333. The maximum Gasteiger partial charge on any atom is 0.240 e. The first-order valence-corrected chi connectivity index (χ1v) is 13.8. The van der Waals surface area contributed by atoms with Gasteiger partial charge in [-0.05, 0) is 91.0 Å². The molecule has 1 aliphatic carbocycles. The van der Waals surface area contributed by atoms with Gasteiger partial charge in [0.2, 0.25) is 10.0 Å². The summed E-state index contributed by atoms with van der Waals surface area (Å²) in [4.78, 5) is 0.183. The lowest BCUT2D eigenvalue weighted by molar-refractivity contribution is 0.164. The number of rotatable bonds is 8. The Morgan fingerprint density at radius 1 is 1.06 bits per heavy atom. The van der Waals surface area contributed by atoms with Gasteiger partial charge in [0, 0.05) is 28.7 Å². The quantitative estimate of drug-likeness (QED) is 0.304. The fourth-order valence-corrected chi connectivity index (χ4v) is 6.41. The number of halogens is 1. The lowest BCUT2D eigenvalue weighted by atomic mass is 9.58. The van der Waals surface area contributed by atoms with Gasteiger partial charge in [0.05, 0.1) is 4.90 Å². The van der Waals surface area contributed by atoms with Crippen LogP contribution in [0.4, 0.5) is 5.69 Å². The topological polar surface area (TPSA) is 93.5 Å². The zero-order valence-electron chi connectivity index (χ0n) is 19.5. The third kappa shape index (κ3) is 4.91. The minimum atomic E-state index is -3.61. The molecule has 0 saturated heterocycles. The average Bonchev–Trinajstić information content (AvgIpc) is 2.83. The van der Waals surface area contributed by atoms with Gasteiger partial charge in [-0.15, -0.1) is 0 Å². The molecule has 0 spiro atoms. The third-order valence-corrected chi connectivity index (χ3v) is 8.97. The highest BCUT2D eigenvalue weighted by Crippen LogP contribution is 2.53. The minimum Gasteiger partial charge on any atom is -0.492 e. The van der Waals surface area contributed by atoms with E-state index in [1.807, 2.05) is 18.2 Å². The van der Waals surface area contributed by atoms with Crippen LogP contribution in [0.25, 0.3) is 0 Å². The van der Waals surface area contributed by atoms with Gasteiger partial charge in [0.1, 0.15) is 12.4 Å². The standard InChI is InChI=1S/C27H30ClN3O3S/c28-21-5-3-20(4-6-21)27(13-1-14-27)26-25-18-23(9-2-19(25)12-15-30-26)34-17-16-31-35(32,33)24-10-7-22(29)8-11-24/h2-11,18,26,30-31H,1,12-17,29H2. The van der Waals surface area contributed by atoms with Crippen molar-refractivity contribution in [1.82, 2.24) is 10.0 Å². The smallest absolute Gasteiger partial charge is 0.240 e. The maximum atomic E-state index is 12.5. The molecule has 5 rings (SSSR count). The van der Waals surface area contributed by atoms with Crippen molar-refractivity contribution in [2.75, 3.05) is 25.4 Å².